The molecule has 0 spiro atoms. The zero-order valence-corrected chi connectivity index (χ0v) is 14.2. The minimum atomic E-state index is -0.0926. The first kappa shape index (κ1) is 15.4. The van der Waals surface area contributed by atoms with Gasteiger partial charge in [0.15, 0.2) is 0 Å². The molecule has 4 rings (SSSR count). The van der Waals surface area contributed by atoms with Gasteiger partial charge in [-0.25, -0.2) is 0 Å². The average Bonchev–Trinajstić information content (AvgIpc) is 3.21. The Kier molecular flexibility index (Phi) is 4.08. The van der Waals surface area contributed by atoms with Crippen molar-refractivity contribution in [2.24, 2.45) is 17.8 Å². The summed E-state index contributed by atoms with van der Waals surface area (Å²) in [5, 5.41) is 0. The summed E-state index contributed by atoms with van der Waals surface area (Å²) in [5.41, 5.74) is 0. The molecule has 5 heteroatoms. The molecule has 2 amide bonds. The summed E-state index contributed by atoms with van der Waals surface area (Å²) in [6.07, 6.45) is 6.62. The van der Waals surface area contributed by atoms with Crippen molar-refractivity contribution in [1.82, 2.24) is 14.7 Å². The smallest absolute Gasteiger partial charge is 0.228 e. The highest BCUT2D eigenvalue weighted by Gasteiger charge is 2.47. The van der Waals surface area contributed by atoms with Gasteiger partial charge in [-0.05, 0) is 51.1 Å². The largest absolute Gasteiger partial charge is 0.341 e. The zero-order chi connectivity index (χ0) is 16.0. The molecular formula is C18H29N3O2. The molecule has 4 fully saturated rings. The van der Waals surface area contributed by atoms with Gasteiger partial charge in [0.2, 0.25) is 11.8 Å². The predicted octanol–water partition coefficient (Wildman–Crippen LogP) is 1.19. The fourth-order valence-electron chi connectivity index (χ4n) is 5.34. The maximum Gasteiger partial charge on any atom is 0.228 e. The van der Waals surface area contributed by atoms with Crippen LogP contribution in [0.2, 0.25) is 0 Å². The molecule has 5 nitrogen and oxygen atoms in total. The summed E-state index contributed by atoms with van der Waals surface area (Å²) in [5.74, 6) is 1.91. The van der Waals surface area contributed by atoms with Crippen molar-refractivity contribution in [2.75, 3.05) is 39.8 Å². The van der Waals surface area contributed by atoms with Gasteiger partial charge >= 0.3 is 0 Å². The molecule has 23 heavy (non-hydrogen) atoms. The van der Waals surface area contributed by atoms with Crippen LogP contribution in [0.25, 0.3) is 0 Å². The first-order valence-electron chi connectivity index (χ1n) is 9.38. The van der Waals surface area contributed by atoms with Crippen molar-refractivity contribution in [3.05, 3.63) is 0 Å². The third-order valence-corrected chi connectivity index (χ3v) is 6.64. The lowest BCUT2D eigenvalue weighted by atomic mass is 9.94. The number of rotatable bonds is 2. The Hall–Kier alpha value is -1.10. The van der Waals surface area contributed by atoms with E-state index >= 15 is 0 Å². The second kappa shape index (κ2) is 6.08. The molecule has 4 aliphatic rings. The molecule has 0 N–H and O–H groups in total. The lowest BCUT2D eigenvalue weighted by molar-refractivity contribution is -0.135. The Labute approximate surface area is 139 Å². The summed E-state index contributed by atoms with van der Waals surface area (Å²) in [6, 6.07) is 0.439. The molecule has 2 saturated carbocycles. The number of likely N-dealkylation sites (N-methyl/N-ethyl adjacent to an activating group) is 1. The standard InChI is InChI=1S/C18H29N3O2/c1-19-5-2-6-20(8-7-19)18(23)15-11-17(22)21(12-15)16-10-13-3-4-14(16)9-13/h13-16H,2-12H2,1H3. The van der Waals surface area contributed by atoms with Gasteiger partial charge < -0.3 is 14.7 Å². The van der Waals surface area contributed by atoms with E-state index in [4.69, 9.17) is 0 Å². The van der Waals surface area contributed by atoms with Crippen molar-refractivity contribution < 1.29 is 9.59 Å². The Morgan fingerprint density at radius 1 is 1.09 bits per heavy atom. The van der Waals surface area contributed by atoms with Crippen LogP contribution >= 0.6 is 0 Å². The van der Waals surface area contributed by atoms with Gasteiger partial charge in [-0.3, -0.25) is 9.59 Å². The number of hydrogen-bond acceptors (Lipinski definition) is 3. The Balaban J connectivity index is 1.39. The summed E-state index contributed by atoms with van der Waals surface area (Å²) in [4.78, 5) is 31.7. The Bertz CT molecular complexity index is 495. The van der Waals surface area contributed by atoms with Crippen LogP contribution in [0.3, 0.4) is 0 Å². The first-order chi connectivity index (χ1) is 11.1. The van der Waals surface area contributed by atoms with Gasteiger partial charge in [-0.1, -0.05) is 6.42 Å². The Morgan fingerprint density at radius 3 is 2.70 bits per heavy atom. The molecule has 2 aliphatic carbocycles. The van der Waals surface area contributed by atoms with Crippen LogP contribution in [-0.4, -0.2) is 72.3 Å². The Morgan fingerprint density at radius 2 is 1.96 bits per heavy atom. The molecular weight excluding hydrogens is 290 g/mol. The van der Waals surface area contributed by atoms with E-state index in [0.29, 0.717) is 24.9 Å². The summed E-state index contributed by atoms with van der Waals surface area (Å²) >= 11 is 0. The molecule has 0 radical (unpaired) electrons. The molecule has 2 bridgehead atoms. The molecule has 2 saturated heterocycles. The van der Waals surface area contributed by atoms with Gasteiger partial charge in [0, 0.05) is 38.6 Å². The maximum absolute atomic E-state index is 12.9. The van der Waals surface area contributed by atoms with Gasteiger partial charge in [0.25, 0.3) is 0 Å². The van der Waals surface area contributed by atoms with Crippen LogP contribution in [0.15, 0.2) is 0 Å². The number of carbonyl (C=O) groups is 2. The topological polar surface area (TPSA) is 43.9 Å². The van der Waals surface area contributed by atoms with Crippen LogP contribution in [-0.2, 0) is 9.59 Å². The second-order valence-electron chi connectivity index (χ2n) is 8.17. The fraction of sp³-hybridized carbons (Fsp3) is 0.889. The molecule has 4 atom stereocenters. The van der Waals surface area contributed by atoms with Gasteiger partial charge in [-0.15, -0.1) is 0 Å². The minimum Gasteiger partial charge on any atom is -0.341 e. The molecule has 2 heterocycles. The van der Waals surface area contributed by atoms with E-state index in [2.05, 4.69) is 16.8 Å². The normalized spacial score (nSPS) is 38.4. The summed E-state index contributed by atoms with van der Waals surface area (Å²) in [6.45, 7) is 4.35. The molecule has 0 aromatic carbocycles. The van der Waals surface area contributed by atoms with Crippen molar-refractivity contribution in [3.8, 4) is 0 Å². The van der Waals surface area contributed by atoms with E-state index in [1.807, 2.05) is 4.90 Å². The highest BCUT2D eigenvalue weighted by molar-refractivity contribution is 5.89. The van der Waals surface area contributed by atoms with E-state index in [0.717, 1.165) is 38.5 Å². The van der Waals surface area contributed by atoms with E-state index in [-0.39, 0.29) is 17.7 Å². The minimum absolute atomic E-state index is 0.0926. The number of carbonyl (C=O) groups excluding carboxylic acids is 2. The molecule has 2 aliphatic heterocycles. The quantitative estimate of drug-likeness (QED) is 0.768. The monoisotopic (exact) mass is 319 g/mol. The van der Waals surface area contributed by atoms with E-state index in [9.17, 15) is 9.59 Å². The molecule has 4 unspecified atom stereocenters. The van der Waals surface area contributed by atoms with Crippen molar-refractivity contribution in [2.45, 2.75) is 44.6 Å². The second-order valence-corrected chi connectivity index (χ2v) is 8.17. The van der Waals surface area contributed by atoms with Crippen LogP contribution in [0.1, 0.15) is 38.5 Å². The highest BCUT2D eigenvalue weighted by Crippen LogP contribution is 2.47. The summed E-state index contributed by atoms with van der Waals surface area (Å²) in [7, 11) is 2.12. The fourth-order valence-corrected chi connectivity index (χ4v) is 5.34. The zero-order valence-electron chi connectivity index (χ0n) is 14.2. The first-order valence-corrected chi connectivity index (χ1v) is 9.38. The van der Waals surface area contributed by atoms with E-state index in [1.54, 1.807) is 0 Å². The van der Waals surface area contributed by atoms with Crippen molar-refractivity contribution in [3.63, 3.8) is 0 Å². The lowest BCUT2D eigenvalue weighted by Crippen LogP contribution is -2.42. The third-order valence-electron chi connectivity index (χ3n) is 6.64. The average molecular weight is 319 g/mol. The number of nitrogens with zero attached hydrogens (tertiary/aromatic N) is 3. The van der Waals surface area contributed by atoms with Crippen LogP contribution < -0.4 is 0 Å². The highest BCUT2D eigenvalue weighted by atomic mass is 16.2. The molecule has 128 valence electrons. The van der Waals surface area contributed by atoms with Crippen LogP contribution in [0.4, 0.5) is 0 Å². The van der Waals surface area contributed by atoms with Crippen molar-refractivity contribution >= 4 is 11.8 Å². The number of fused-ring (bicyclic) bond motifs is 2. The van der Waals surface area contributed by atoms with Crippen molar-refractivity contribution in [1.29, 1.82) is 0 Å². The van der Waals surface area contributed by atoms with E-state index in [1.165, 1.54) is 25.7 Å². The molecule has 0 aromatic rings. The van der Waals surface area contributed by atoms with Gasteiger partial charge in [-0.2, -0.15) is 0 Å². The third kappa shape index (κ3) is 2.88. The lowest BCUT2D eigenvalue weighted by Gasteiger charge is -2.32. The number of likely N-dealkylation sites (tertiary alicyclic amines) is 1. The van der Waals surface area contributed by atoms with Crippen LogP contribution in [0.5, 0.6) is 0 Å². The van der Waals surface area contributed by atoms with E-state index < -0.39 is 0 Å². The van der Waals surface area contributed by atoms with Crippen LogP contribution in [0, 0.1) is 17.8 Å². The predicted molar refractivity (Wildman–Crippen MR) is 87.8 cm³/mol. The van der Waals surface area contributed by atoms with Gasteiger partial charge in [0.1, 0.15) is 0 Å². The maximum atomic E-state index is 12.9. The molecule has 0 aromatic heterocycles. The number of amides is 2. The summed E-state index contributed by atoms with van der Waals surface area (Å²) < 4.78 is 0. The van der Waals surface area contributed by atoms with Gasteiger partial charge in [0.05, 0.1) is 5.92 Å². The number of hydrogen-bond donors (Lipinski definition) is 0. The SMILES string of the molecule is CN1CCCN(C(=O)C2CC(=O)N(C3CC4CCC3C4)C2)CC1.